The average Bonchev–Trinajstić information content (AvgIpc) is 2.59. The van der Waals surface area contributed by atoms with Gasteiger partial charge >= 0.3 is 0 Å². The summed E-state index contributed by atoms with van der Waals surface area (Å²) < 4.78 is 10.7. The maximum atomic E-state index is 12.0. The maximum absolute atomic E-state index is 12.0. The number of hydroxylamine groups is 2. The van der Waals surface area contributed by atoms with E-state index >= 15 is 0 Å². The van der Waals surface area contributed by atoms with Crippen molar-refractivity contribution >= 4 is 5.91 Å². The predicted molar refractivity (Wildman–Crippen MR) is 86.8 cm³/mol. The van der Waals surface area contributed by atoms with Gasteiger partial charge in [0.15, 0.2) is 0 Å². The molecule has 0 bridgehead atoms. The van der Waals surface area contributed by atoms with Crippen molar-refractivity contribution in [3.8, 4) is 5.75 Å². The Morgan fingerprint density at radius 1 is 1.22 bits per heavy atom. The number of aliphatic hydroxyl groups is 1. The molecule has 0 fully saturated rings. The summed E-state index contributed by atoms with van der Waals surface area (Å²) in [6.07, 6.45) is -0.795. The van der Waals surface area contributed by atoms with Gasteiger partial charge in [-0.05, 0) is 17.7 Å². The Morgan fingerprint density at radius 3 is 2.35 bits per heavy atom. The fourth-order valence-electron chi connectivity index (χ4n) is 2.20. The van der Waals surface area contributed by atoms with Crippen LogP contribution in [0.15, 0.2) is 24.3 Å². The molecule has 0 spiro atoms. The van der Waals surface area contributed by atoms with Crippen LogP contribution in [-0.2, 0) is 21.0 Å². The van der Waals surface area contributed by atoms with Gasteiger partial charge < -0.3 is 14.6 Å². The summed E-state index contributed by atoms with van der Waals surface area (Å²) in [5, 5.41) is 11.4. The molecule has 0 aliphatic rings. The first-order chi connectivity index (χ1) is 10.9. The predicted octanol–water partition coefficient (Wildman–Crippen LogP) is 1.86. The second kappa shape index (κ2) is 9.50. The van der Waals surface area contributed by atoms with Gasteiger partial charge in [-0.1, -0.05) is 26.0 Å². The van der Waals surface area contributed by atoms with Gasteiger partial charge in [0.1, 0.15) is 5.75 Å². The monoisotopic (exact) mass is 325 g/mol. The topological polar surface area (TPSA) is 68.2 Å². The summed E-state index contributed by atoms with van der Waals surface area (Å²) in [6, 6.07) is 7.61. The van der Waals surface area contributed by atoms with E-state index in [0.29, 0.717) is 13.2 Å². The molecule has 1 aromatic carbocycles. The van der Waals surface area contributed by atoms with Gasteiger partial charge in [0.05, 0.1) is 39.5 Å². The smallest absolute Gasteiger partial charge is 0.251 e. The van der Waals surface area contributed by atoms with Crippen LogP contribution in [0.25, 0.3) is 0 Å². The zero-order valence-corrected chi connectivity index (χ0v) is 14.5. The third kappa shape index (κ3) is 5.82. The van der Waals surface area contributed by atoms with Gasteiger partial charge in [-0.2, -0.15) is 0 Å². The molecule has 1 N–H and O–H groups in total. The Kier molecular flexibility index (Phi) is 8.02. The molecule has 0 unspecified atom stereocenters. The lowest BCUT2D eigenvalue weighted by Crippen LogP contribution is -2.40. The summed E-state index contributed by atoms with van der Waals surface area (Å²) >= 11 is 0. The largest absolute Gasteiger partial charge is 0.497 e. The molecule has 0 aliphatic carbocycles. The summed E-state index contributed by atoms with van der Waals surface area (Å²) in [5.41, 5.74) is 1.02. The normalized spacial score (nSPS) is 14.9. The highest BCUT2D eigenvalue weighted by Gasteiger charge is 2.29. The number of nitrogens with zero attached hydrogens (tertiary/aromatic N) is 1. The Hall–Kier alpha value is -1.63. The summed E-state index contributed by atoms with van der Waals surface area (Å²) in [6.45, 7) is 4.35. The third-order valence-electron chi connectivity index (χ3n) is 3.88. The van der Waals surface area contributed by atoms with Crippen LogP contribution in [0.1, 0.15) is 19.4 Å². The van der Waals surface area contributed by atoms with Gasteiger partial charge in [-0.15, -0.1) is 0 Å². The van der Waals surface area contributed by atoms with E-state index in [4.69, 9.17) is 14.3 Å². The van der Waals surface area contributed by atoms with Crippen molar-refractivity contribution in [2.75, 3.05) is 27.9 Å². The fourth-order valence-corrected chi connectivity index (χ4v) is 2.20. The summed E-state index contributed by atoms with van der Waals surface area (Å²) in [4.78, 5) is 16.8. The van der Waals surface area contributed by atoms with Crippen molar-refractivity contribution in [1.29, 1.82) is 0 Å². The molecule has 0 saturated carbocycles. The zero-order valence-electron chi connectivity index (χ0n) is 14.5. The Labute approximate surface area is 137 Å². The Morgan fingerprint density at radius 2 is 1.83 bits per heavy atom. The third-order valence-corrected chi connectivity index (χ3v) is 3.88. The van der Waals surface area contributed by atoms with Crippen molar-refractivity contribution in [1.82, 2.24) is 5.06 Å². The van der Waals surface area contributed by atoms with E-state index in [1.54, 1.807) is 14.0 Å². The van der Waals surface area contributed by atoms with Crippen LogP contribution in [0.5, 0.6) is 5.75 Å². The molecule has 0 heterocycles. The van der Waals surface area contributed by atoms with Crippen molar-refractivity contribution in [3.63, 3.8) is 0 Å². The van der Waals surface area contributed by atoms with E-state index in [2.05, 4.69) is 0 Å². The number of carbonyl (C=O) groups is 1. The average molecular weight is 325 g/mol. The van der Waals surface area contributed by atoms with Crippen LogP contribution in [0.3, 0.4) is 0 Å². The van der Waals surface area contributed by atoms with E-state index in [0.717, 1.165) is 16.4 Å². The molecule has 6 nitrogen and oxygen atoms in total. The van der Waals surface area contributed by atoms with Gasteiger partial charge in [-0.3, -0.25) is 9.63 Å². The van der Waals surface area contributed by atoms with Crippen LogP contribution in [0, 0.1) is 11.8 Å². The number of hydrogen-bond acceptors (Lipinski definition) is 5. The Balaban J connectivity index is 2.42. The minimum Gasteiger partial charge on any atom is -0.497 e. The number of benzene rings is 1. The first-order valence-electron chi connectivity index (χ1n) is 7.61. The van der Waals surface area contributed by atoms with Gasteiger partial charge in [0.25, 0.3) is 5.91 Å². The lowest BCUT2D eigenvalue weighted by molar-refractivity contribution is -0.177. The molecule has 23 heavy (non-hydrogen) atoms. The first kappa shape index (κ1) is 19.4. The van der Waals surface area contributed by atoms with Crippen LogP contribution < -0.4 is 4.74 Å². The molecule has 0 saturated heterocycles. The van der Waals surface area contributed by atoms with Crippen LogP contribution in [0.2, 0.25) is 0 Å². The standard InChI is InChI=1S/C17H27NO5/c1-12(16(19)13(2)17(20)18(3)22-5)10-23-11-14-6-8-15(21-4)9-7-14/h6-9,12-13,16,19H,10-11H2,1-5H3/t12-,13-,16+/m0/s1. The number of hydrogen-bond donors (Lipinski definition) is 1. The molecule has 0 radical (unpaired) electrons. The van der Waals surface area contributed by atoms with E-state index in [1.165, 1.54) is 14.2 Å². The molecule has 3 atom stereocenters. The van der Waals surface area contributed by atoms with Crippen LogP contribution in [-0.4, -0.2) is 50.1 Å². The van der Waals surface area contributed by atoms with Gasteiger partial charge in [0.2, 0.25) is 0 Å². The van der Waals surface area contributed by atoms with E-state index < -0.39 is 12.0 Å². The lowest BCUT2D eigenvalue weighted by Gasteiger charge is -2.26. The molecular formula is C17H27NO5. The van der Waals surface area contributed by atoms with Crippen molar-refractivity contribution < 1.29 is 24.2 Å². The molecule has 130 valence electrons. The van der Waals surface area contributed by atoms with E-state index in [1.807, 2.05) is 31.2 Å². The number of rotatable bonds is 9. The first-order valence-corrected chi connectivity index (χ1v) is 7.61. The minimum atomic E-state index is -0.795. The zero-order chi connectivity index (χ0) is 17.4. The number of ether oxygens (including phenoxy) is 2. The number of aliphatic hydroxyl groups excluding tert-OH is 1. The second-order valence-corrected chi connectivity index (χ2v) is 5.64. The molecule has 0 aliphatic heterocycles. The molecular weight excluding hydrogens is 298 g/mol. The van der Waals surface area contributed by atoms with Crippen LogP contribution >= 0.6 is 0 Å². The number of amides is 1. The lowest BCUT2D eigenvalue weighted by atomic mass is 9.93. The molecule has 1 aromatic rings. The van der Waals surface area contributed by atoms with Gasteiger partial charge in [0, 0.05) is 13.0 Å². The second-order valence-electron chi connectivity index (χ2n) is 5.64. The van der Waals surface area contributed by atoms with Crippen molar-refractivity contribution in [3.05, 3.63) is 29.8 Å². The van der Waals surface area contributed by atoms with Gasteiger partial charge in [-0.25, -0.2) is 5.06 Å². The fraction of sp³-hybridized carbons (Fsp3) is 0.588. The molecule has 1 rings (SSSR count). The Bertz CT molecular complexity index is 476. The molecule has 6 heteroatoms. The summed E-state index contributed by atoms with van der Waals surface area (Å²) in [7, 11) is 4.56. The van der Waals surface area contributed by atoms with E-state index in [9.17, 15) is 9.90 Å². The highest BCUT2D eigenvalue weighted by molar-refractivity contribution is 5.77. The number of carbonyl (C=O) groups excluding carboxylic acids is 1. The number of methoxy groups -OCH3 is 1. The highest BCUT2D eigenvalue weighted by atomic mass is 16.7. The van der Waals surface area contributed by atoms with Crippen molar-refractivity contribution in [2.45, 2.75) is 26.6 Å². The maximum Gasteiger partial charge on any atom is 0.251 e. The quantitative estimate of drug-likeness (QED) is 0.702. The minimum absolute atomic E-state index is 0.169. The molecule has 1 amide bonds. The highest BCUT2D eigenvalue weighted by Crippen LogP contribution is 2.17. The van der Waals surface area contributed by atoms with Crippen LogP contribution in [0.4, 0.5) is 0 Å². The van der Waals surface area contributed by atoms with E-state index in [-0.39, 0.29) is 11.8 Å². The SMILES string of the molecule is COc1ccc(COC[C@H](C)[C@@H](O)[C@H](C)C(=O)N(C)OC)cc1. The summed E-state index contributed by atoms with van der Waals surface area (Å²) in [5.74, 6) is -0.189. The van der Waals surface area contributed by atoms with Crippen molar-refractivity contribution in [2.24, 2.45) is 11.8 Å². The molecule has 0 aromatic heterocycles.